The van der Waals surface area contributed by atoms with Crippen molar-refractivity contribution >= 4 is 22.7 Å². The van der Waals surface area contributed by atoms with Crippen LogP contribution in [0.2, 0.25) is 0 Å². The van der Waals surface area contributed by atoms with Crippen LogP contribution in [-0.4, -0.2) is 44.6 Å². The molecular formula is C12H20N4O2S. The molecule has 19 heavy (non-hydrogen) atoms. The zero-order valence-corrected chi connectivity index (χ0v) is 12.1. The number of amides is 2. The lowest BCUT2D eigenvalue weighted by Gasteiger charge is -2.33. The molecule has 0 spiro atoms. The first-order valence-electron chi connectivity index (χ1n) is 6.64. The number of aliphatic hydroxyl groups excluding tert-OH is 1. The molecule has 2 rings (SSSR count). The number of aliphatic hydroxyl groups is 1. The molecule has 1 fully saturated rings. The van der Waals surface area contributed by atoms with Gasteiger partial charge in [-0.3, -0.25) is 5.32 Å². The van der Waals surface area contributed by atoms with Gasteiger partial charge in [0, 0.05) is 24.6 Å². The van der Waals surface area contributed by atoms with Crippen molar-refractivity contribution in [1.29, 1.82) is 0 Å². The molecule has 1 aromatic heterocycles. The number of hydrogen-bond donors (Lipinski definition) is 2. The smallest absolute Gasteiger partial charge is 0.323 e. The van der Waals surface area contributed by atoms with E-state index in [-0.39, 0.29) is 12.1 Å². The van der Waals surface area contributed by atoms with Crippen LogP contribution in [0, 0.1) is 12.8 Å². The number of nitrogens with one attached hydrogen (secondary N) is 1. The van der Waals surface area contributed by atoms with Crippen molar-refractivity contribution in [3.63, 3.8) is 0 Å². The van der Waals surface area contributed by atoms with E-state index in [1.54, 1.807) is 11.8 Å². The van der Waals surface area contributed by atoms with Crippen molar-refractivity contribution in [3.8, 4) is 0 Å². The zero-order valence-electron chi connectivity index (χ0n) is 11.3. The van der Waals surface area contributed by atoms with Crippen LogP contribution in [0.15, 0.2) is 0 Å². The van der Waals surface area contributed by atoms with Gasteiger partial charge in [0.25, 0.3) is 0 Å². The Morgan fingerprint density at radius 1 is 1.58 bits per heavy atom. The lowest BCUT2D eigenvalue weighted by molar-refractivity contribution is 0.0660. The molecule has 0 bridgehead atoms. The topological polar surface area (TPSA) is 78.4 Å². The van der Waals surface area contributed by atoms with Gasteiger partial charge in [-0.05, 0) is 32.1 Å². The Labute approximate surface area is 117 Å². The summed E-state index contributed by atoms with van der Waals surface area (Å²) in [5.41, 5.74) is 0. The van der Waals surface area contributed by atoms with Gasteiger partial charge in [0.2, 0.25) is 5.13 Å². The number of anilines is 1. The van der Waals surface area contributed by atoms with E-state index in [1.165, 1.54) is 11.5 Å². The fourth-order valence-electron chi connectivity index (χ4n) is 2.34. The Bertz CT molecular complexity index is 429. The van der Waals surface area contributed by atoms with Gasteiger partial charge in [0.05, 0.1) is 6.10 Å². The van der Waals surface area contributed by atoms with Crippen LogP contribution in [0.1, 0.15) is 32.0 Å². The summed E-state index contributed by atoms with van der Waals surface area (Å²) in [6.45, 7) is 5.15. The standard InChI is InChI=1S/C12H20N4O2S/c1-3-10(17)9-4-6-16(7-5-9)12(18)14-11-13-8(2)15-19-11/h9-10,17H,3-7H2,1-2H3,(H,13,14,15,18)/t10-/m0/s1. The van der Waals surface area contributed by atoms with Crippen molar-refractivity contribution in [1.82, 2.24) is 14.3 Å². The number of nitrogens with zero attached hydrogens (tertiary/aromatic N) is 3. The van der Waals surface area contributed by atoms with Crippen LogP contribution >= 0.6 is 11.5 Å². The minimum Gasteiger partial charge on any atom is -0.393 e. The first kappa shape index (κ1) is 14.2. The summed E-state index contributed by atoms with van der Waals surface area (Å²) in [6.07, 6.45) is 2.26. The van der Waals surface area contributed by atoms with Crippen LogP contribution in [0.5, 0.6) is 0 Å². The molecule has 2 N–H and O–H groups in total. The quantitative estimate of drug-likeness (QED) is 0.888. The average molecular weight is 284 g/mol. The van der Waals surface area contributed by atoms with E-state index >= 15 is 0 Å². The van der Waals surface area contributed by atoms with E-state index in [1.807, 2.05) is 6.92 Å². The first-order valence-corrected chi connectivity index (χ1v) is 7.41. The minimum absolute atomic E-state index is 0.124. The summed E-state index contributed by atoms with van der Waals surface area (Å²) in [4.78, 5) is 17.9. The molecule has 6 nitrogen and oxygen atoms in total. The molecule has 1 saturated heterocycles. The highest BCUT2D eigenvalue weighted by atomic mass is 32.1. The maximum atomic E-state index is 12.0. The second-order valence-electron chi connectivity index (χ2n) is 4.88. The maximum absolute atomic E-state index is 12.0. The van der Waals surface area contributed by atoms with Gasteiger partial charge in [-0.15, -0.1) is 0 Å². The Balaban J connectivity index is 1.82. The number of piperidine rings is 1. The van der Waals surface area contributed by atoms with Crippen molar-refractivity contribution < 1.29 is 9.90 Å². The normalized spacial score (nSPS) is 18.4. The van der Waals surface area contributed by atoms with Gasteiger partial charge in [0.1, 0.15) is 5.82 Å². The van der Waals surface area contributed by atoms with Crippen molar-refractivity contribution in [2.24, 2.45) is 5.92 Å². The van der Waals surface area contributed by atoms with Crippen LogP contribution in [0.4, 0.5) is 9.93 Å². The van der Waals surface area contributed by atoms with Crippen LogP contribution < -0.4 is 5.32 Å². The number of rotatable bonds is 3. The Morgan fingerprint density at radius 3 is 2.79 bits per heavy atom. The zero-order chi connectivity index (χ0) is 13.8. The summed E-state index contributed by atoms with van der Waals surface area (Å²) >= 11 is 1.19. The molecule has 0 aliphatic carbocycles. The number of hydrogen-bond acceptors (Lipinski definition) is 5. The van der Waals surface area contributed by atoms with Crippen molar-refractivity contribution in [2.75, 3.05) is 18.4 Å². The molecule has 1 aliphatic heterocycles. The predicted octanol–water partition coefficient (Wildman–Crippen LogP) is 1.86. The molecule has 1 atom stereocenters. The van der Waals surface area contributed by atoms with Gasteiger partial charge in [-0.25, -0.2) is 9.78 Å². The number of urea groups is 1. The van der Waals surface area contributed by atoms with Gasteiger partial charge >= 0.3 is 6.03 Å². The molecule has 0 saturated carbocycles. The second-order valence-corrected chi connectivity index (χ2v) is 5.63. The average Bonchev–Trinajstić information content (AvgIpc) is 2.83. The third-order valence-corrected chi connectivity index (χ3v) is 4.25. The number of aryl methyl sites for hydroxylation is 1. The summed E-state index contributed by atoms with van der Waals surface area (Å²) in [6, 6.07) is -0.124. The monoisotopic (exact) mass is 284 g/mol. The predicted molar refractivity (Wildman–Crippen MR) is 74.3 cm³/mol. The largest absolute Gasteiger partial charge is 0.393 e. The van der Waals surface area contributed by atoms with Crippen LogP contribution in [0.3, 0.4) is 0 Å². The third-order valence-electron chi connectivity index (χ3n) is 3.53. The highest BCUT2D eigenvalue weighted by molar-refractivity contribution is 7.09. The fraction of sp³-hybridized carbons (Fsp3) is 0.750. The third kappa shape index (κ3) is 3.63. The second kappa shape index (κ2) is 6.29. The van der Waals surface area contributed by atoms with E-state index in [0.29, 0.717) is 30.0 Å². The molecule has 2 amide bonds. The van der Waals surface area contributed by atoms with Gasteiger partial charge in [0.15, 0.2) is 0 Å². The molecule has 2 heterocycles. The van der Waals surface area contributed by atoms with Gasteiger partial charge in [-0.2, -0.15) is 4.37 Å². The maximum Gasteiger partial charge on any atom is 0.323 e. The highest BCUT2D eigenvalue weighted by Crippen LogP contribution is 2.23. The van der Waals surface area contributed by atoms with Crippen LogP contribution in [-0.2, 0) is 0 Å². The molecular weight excluding hydrogens is 264 g/mol. The Morgan fingerprint density at radius 2 is 2.26 bits per heavy atom. The summed E-state index contributed by atoms with van der Waals surface area (Å²) in [5.74, 6) is 0.989. The van der Waals surface area contributed by atoms with Crippen LogP contribution in [0.25, 0.3) is 0 Å². The number of carbonyl (C=O) groups excluding carboxylic acids is 1. The lowest BCUT2D eigenvalue weighted by atomic mass is 9.90. The van der Waals surface area contributed by atoms with E-state index in [2.05, 4.69) is 14.7 Å². The first-order chi connectivity index (χ1) is 9.10. The summed E-state index contributed by atoms with van der Waals surface area (Å²) in [5, 5.41) is 13.1. The molecule has 106 valence electrons. The number of aromatic nitrogens is 2. The Hall–Kier alpha value is -1.21. The number of likely N-dealkylation sites (tertiary alicyclic amines) is 1. The van der Waals surface area contributed by atoms with Crippen molar-refractivity contribution in [2.45, 2.75) is 39.2 Å². The molecule has 0 aromatic carbocycles. The van der Waals surface area contributed by atoms with E-state index in [9.17, 15) is 9.90 Å². The molecule has 0 radical (unpaired) electrons. The molecule has 7 heteroatoms. The lowest BCUT2D eigenvalue weighted by Crippen LogP contribution is -2.43. The molecule has 1 aliphatic rings. The Kier molecular flexibility index (Phi) is 4.71. The van der Waals surface area contributed by atoms with E-state index in [0.717, 1.165) is 19.3 Å². The van der Waals surface area contributed by atoms with Gasteiger partial charge in [-0.1, -0.05) is 6.92 Å². The highest BCUT2D eigenvalue weighted by Gasteiger charge is 2.26. The number of carbonyl (C=O) groups is 1. The fourth-order valence-corrected chi connectivity index (χ4v) is 2.90. The SMILES string of the molecule is CC[C@H](O)C1CCN(C(=O)Nc2nc(C)ns2)CC1. The summed E-state index contributed by atoms with van der Waals surface area (Å²) < 4.78 is 4.03. The molecule has 1 aromatic rings. The van der Waals surface area contributed by atoms with E-state index in [4.69, 9.17) is 0 Å². The van der Waals surface area contributed by atoms with Crippen molar-refractivity contribution in [3.05, 3.63) is 5.82 Å². The van der Waals surface area contributed by atoms with E-state index < -0.39 is 0 Å². The van der Waals surface area contributed by atoms with Gasteiger partial charge < -0.3 is 10.0 Å². The minimum atomic E-state index is -0.240. The molecule has 0 unspecified atom stereocenters. The summed E-state index contributed by atoms with van der Waals surface area (Å²) in [7, 11) is 0.